The third-order valence-electron chi connectivity index (χ3n) is 2.94. The van der Waals surface area contributed by atoms with E-state index in [4.69, 9.17) is 4.74 Å². The molecule has 0 bridgehead atoms. The van der Waals surface area contributed by atoms with Gasteiger partial charge in [-0.25, -0.2) is 0 Å². The van der Waals surface area contributed by atoms with Gasteiger partial charge in [0.25, 0.3) is 0 Å². The number of ether oxygens (including phenoxy) is 1. The Morgan fingerprint density at radius 2 is 2.23 bits per heavy atom. The molecule has 0 amide bonds. The van der Waals surface area contributed by atoms with Crippen LogP contribution >= 0.6 is 0 Å². The molecule has 2 unspecified atom stereocenters. The first-order valence-corrected chi connectivity index (χ1v) is 5.19. The van der Waals surface area contributed by atoms with Gasteiger partial charge < -0.3 is 4.74 Å². The molecule has 76 valence electrons. The first kappa shape index (κ1) is 10.7. The van der Waals surface area contributed by atoms with E-state index in [1.165, 1.54) is 0 Å². The molecule has 0 spiro atoms. The van der Waals surface area contributed by atoms with Crippen LogP contribution < -0.4 is 0 Å². The zero-order valence-electron chi connectivity index (χ0n) is 8.88. The Morgan fingerprint density at radius 1 is 1.54 bits per heavy atom. The molecule has 1 saturated heterocycles. The average Bonchev–Trinajstić information content (AvgIpc) is 2.50. The number of Topliss-reactive ketones (excluding diaryl/α,β-unsaturated/α-hetero) is 1. The lowest BCUT2D eigenvalue weighted by Crippen LogP contribution is -2.21. The second-order valence-corrected chi connectivity index (χ2v) is 4.43. The normalized spacial score (nSPS) is 25.1. The molecule has 1 fully saturated rings. The number of hydrogen-bond acceptors (Lipinski definition) is 2. The van der Waals surface area contributed by atoms with Gasteiger partial charge in [0.1, 0.15) is 5.78 Å². The fourth-order valence-corrected chi connectivity index (χ4v) is 2.04. The molecule has 2 heteroatoms. The molecule has 0 aromatic heterocycles. The molecule has 1 aliphatic rings. The van der Waals surface area contributed by atoms with Gasteiger partial charge in [-0.3, -0.25) is 4.79 Å². The molecule has 13 heavy (non-hydrogen) atoms. The number of carbonyl (C=O) groups excluding carboxylic acids is 1. The summed E-state index contributed by atoms with van der Waals surface area (Å²) >= 11 is 0. The van der Waals surface area contributed by atoms with Crippen molar-refractivity contribution in [2.75, 3.05) is 13.2 Å². The SMILES string of the molecule is CC(=O)C(CC1CCOC1)C(C)C. The molecular formula is C11H20O2. The smallest absolute Gasteiger partial charge is 0.133 e. The van der Waals surface area contributed by atoms with Crippen LogP contribution in [0.2, 0.25) is 0 Å². The Balaban J connectivity index is 2.41. The van der Waals surface area contributed by atoms with Gasteiger partial charge in [-0.05, 0) is 31.6 Å². The van der Waals surface area contributed by atoms with Crippen LogP contribution in [0.1, 0.15) is 33.6 Å². The van der Waals surface area contributed by atoms with Crippen molar-refractivity contribution in [1.82, 2.24) is 0 Å². The predicted molar refractivity (Wildman–Crippen MR) is 52.6 cm³/mol. The zero-order chi connectivity index (χ0) is 9.84. The summed E-state index contributed by atoms with van der Waals surface area (Å²) in [5.41, 5.74) is 0. The van der Waals surface area contributed by atoms with Gasteiger partial charge in [0, 0.05) is 19.1 Å². The first-order chi connectivity index (χ1) is 6.11. The van der Waals surface area contributed by atoms with Gasteiger partial charge >= 0.3 is 0 Å². The minimum atomic E-state index is 0.242. The fourth-order valence-electron chi connectivity index (χ4n) is 2.04. The van der Waals surface area contributed by atoms with Crippen LogP contribution in [-0.4, -0.2) is 19.0 Å². The molecule has 1 rings (SSSR count). The average molecular weight is 184 g/mol. The Kier molecular flexibility index (Phi) is 3.91. The maximum atomic E-state index is 11.3. The number of rotatable bonds is 4. The predicted octanol–water partition coefficient (Wildman–Crippen LogP) is 2.27. The van der Waals surface area contributed by atoms with Crippen molar-refractivity contribution in [2.24, 2.45) is 17.8 Å². The molecule has 2 atom stereocenters. The summed E-state index contributed by atoms with van der Waals surface area (Å²) in [5.74, 6) is 1.67. The third-order valence-corrected chi connectivity index (χ3v) is 2.94. The molecule has 0 saturated carbocycles. The first-order valence-electron chi connectivity index (χ1n) is 5.19. The minimum Gasteiger partial charge on any atom is -0.381 e. The highest BCUT2D eigenvalue weighted by Gasteiger charge is 2.25. The van der Waals surface area contributed by atoms with E-state index in [0.29, 0.717) is 17.6 Å². The highest BCUT2D eigenvalue weighted by molar-refractivity contribution is 5.78. The van der Waals surface area contributed by atoms with E-state index >= 15 is 0 Å². The van der Waals surface area contributed by atoms with E-state index in [-0.39, 0.29) is 5.92 Å². The van der Waals surface area contributed by atoms with E-state index < -0.39 is 0 Å². The number of hydrogen-bond donors (Lipinski definition) is 0. The Labute approximate surface area is 80.7 Å². The van der Waals surface area contributed by atoms with Gasteiger partial charge in [-0.15, -0.1) is 0 Å². The van der Waals surface area contributed by atoms with Crippen LogP contribution in [-0.2, 0) is 9.53 Å². The molecule has 1 heterocycles. The van der Waals surface area contributed by atoms with Crippen molar-refractivity contribution in [3.05, 3.63) is 0 Å². The maximum absolute atomic E-state index is 11.3. The highest BCUT2D eigenvalue weighted by Crippen LogP contribution is 2.26. The Morgan fingerprint density at radius 3 is 2.62 bits per heavy atom. The molecule has 0 radical (unpaired) electrons. The van der Waals surface area contributed by atoms with Gasteiger partial charge in [0.15, 0.2) is 0 Å². The minimum absolute atomic E-state index is 0.242. The summed E-state index contributed by atoms with van der Waals surface area (Å²) < 4.78 is 5.31. The number of carbonyl (C=O) groups is 1. The fraction of sp³-hybridized carbons (Fsp3) is 0.909. The van der Waals surface area contributed by atoms with Crippen LogP contribution in [0.4, 0.5) is 0 Å². The van der Waals surface area contributed by atoms with Crippen molar-refractivity contribution >= 4 is 5.78 Å². The highest BCUT2D eigenvalue weighted by atomic mass is 16.5. The van der Waals surface area contributed by atoms with Crippen molar-refractivity contribution in [3.8, 4) is 0 Å². The molecule has 0 aromatic carbocycles. The van der Waals surface area contributed by atoms with Crippen LogP contribution in [0, 0.1) is 17.8 Å². The lowest BCUT2D eigenvalue weighted by molar-refractivity contribution is -0.122. The molecule has 0 aliphatic carbocycles. The second kappa shape index (κ2) is 4.75. The van der Waals surface area contributed by atoms with E-state index in [1.807, 2.05) is 0 Å². The van der Waals surface area contributed by atoms with Crippen LogP contribution in [0.5, 0.6) is 0 Å². The van der Waals surface area contributed by atoms with Gasteiger partial charge in [0.2, 0.25) is 0 Å². The Bertz CT molecular complexity index is 169. The van der Waals surface area contributed by atoms with Crippen LogP contribution in [0.25, 0.3) is 0 Å². The van der Waals surface area contributed by atoms with Gasteiger partial charge in [-0.2, -0.15) is 0 Å². The molecule has 2 nitrogen and oxygen atoms in total. The standard InChI is InChI=1S/C11H20O2/c1-8(2)11(9(3)12)6-10-4-5-13-7-10/h8,10-11H,4-7H2,1-3H3. The van der Waals surface area contributed by atoms with Crippen molar-refractivity contribution < 1.29 is 9.53 Å². The number of ketones is 1. The molecule has 0 N–H and O–H groups in total. The monoisotopic (exact) mass is 184 g/mol. The van der Waals surface area contributed by atoms with Gasteiger partial charge in [-0.1, -0.05) is 13.8 Å². The quantitative estimate of drug-likeness (QED) is 0.670. The third kappa shape index (κ3) is 3.11. The zero-order valence-corrected chi connectivity index (χ0v) is 8.88. The molecule has 0 aromatic rings. The Hall–Kier alpha value is -0.370. The van der Waals surface area contributed by atoms with E-state index in [1.54, 1.807) is 6.92 Å². The van der Waals surface area contributed by atoms with Crippen LogP contribution in [0.3, 0.4) is 0 Å². The lowest BCUT2D eigenvalue weighted by Gasteiger charge is -2.20. The summed E-state index contributed by atoms with van der Waals surface area (Å²) in [6, 6.07) is 0. The van der Waals surface area contributed by atoms with Crippen molar-refractivity contribution in [2.45, 2.75) is 33.6 Å². The largest absolute Gasteiger partial charge is 0.381 e. The second-order valence-electron chi connectivity index (χ2n) is 4.43. The van der Waals surface area contributed by atoms with Crippen molar-refractivity contribution in [3.63, 3.8) is 0 Å². The van der Waals surface area contributed by atoms with E-state index in [0.717, 1.165) is 26.1 Å². The summed E-state index contributed by atoms with van der Waals surface area (Å²) in [6.07, 6.45) is 2.16. The maximum Gasteiger partial charge on any atom is 0.133 e. The molecule has 1 aliphatic heterocycles. The topological polar surface area (TPSA) is 26.3 Å². The van der Waals surface area contributed by atoms with Crippen LogP contribution in [0.15, 0.2) is 0 Å². The van der Waals surface area contributed by atoms with Gasteiger partial charge in [0.05, 0.1) is 0 Å². The summed E-state index contributed by atoms with van der Waals surface area (Å²) in [7, 11) is 0. The summed E-state index contributed by atoms with van der Waals surface area (Å²) in [4.78, 5) is 11.3. The molecular weight excluding hydrogens is 164 g/mol. The van der Waals surface area contributed by atoms with Crippen molar-refractivity contribution in [1.29, 1.82) is 0 Å². The van der Waals surface area contributed by atoms with E-state index in [2.05, 4.69) is 13.8 Å². The lowest BCUT2D eigenvalue weighted by atomic mass is 9.83. The summed E-state index contributed by atoms with van der Waals surface area (Å²) in [6.45, 7) is 7.70. The summed E-state index contributed by atoms with van der Waals surface area (Å²) in [5, 5.41) is 0. The van der Waals surface area contributed by atoms with E-state index in [9.17, 15) is 4.79 Å².